The Balaban J connectivity index is 1.70. The quantitative estimate of drug-likeness (QED) is 0.334. The molecule has 7 nitrogen and oxygen atoms in total. The van der Waals surface area contributed by atoms with Crippen molar-refractivity contribution in [1.29, 1.82) is 0 Å². The molecule has 0 saturated carbocycles. The summed E-state index contributed by atoms with van der Waals surface area (Å²) in [6, 6.07) is 19.7. The van der Waals surface area contributed by atoms with Crippen molar-refractivity contribution < 1.29 is 19.4 Å². The van der Waals surface area contributed by atoms with Gasteiger partial charge in [0, 0.05) is 38.1 Å². The van der Waals surface area contributed by atoms with Crippen molar-refractivity contribution in [3.63, 3.8) is 0 Å². The van der Waals surface area contributed by atoms with Gasteiger partial charge in [-0.15, -0.1) is 0 Å². The summed E-state index contributed by atoms with van der Waals surface area (Å²) in [5, 5.41) is 11.5. The number of benzene rings is 3. The van der Waals surface area contributed by atoms with Crippen LogP contribution in [0.25, 0.3) is 5.76 Å². The molecule has 7 heteroatoms. The van der Waals surface area contributed by atoms with Gasteiger partial charge in [0.25, 0.3) is 11.7 Å². The summed E-state index contributed by atoms with van der Waals surface area (Å²) in [4.78, 5) is 32.4. The van der Waals surface area contributed by atoms with Crippen molar-refractivity contribution in [1.82, 2.24) is 0 Å². The molecular weight excluding hydrogens is 454 g/mol. The Bertz CT molecular complexity index is 1380. The highest BCUT2D eigenvalue weighted by Gasteiger charge is 2.47. The monoisotopic (exact) mass is 483 g/mol. The minimum atomic E-state index is -0.771. The number of aliphatic hydroxyl groups excluding tert-OH is 1. The van der Waals surface area contributed by atoms with Gasteiger partial charge in [-0.25, -0.2) is 0 Å². The van der Waals surface area contributed by atoms with Gasteiger partial charge >= 0.3 is 0 Å². The number of nitrogens with zero attached hydrogens (tertiary/aromatic N) is 3. The van der Waals surface area contributed by atoms with Gasteiger partial charge < -0.3 is 19.6 Å². The van der Waals surface area contributed by atoms with Crippen molar-refractivity contribution in [3.8, 4) is 5.75 Å². The fraction of sp³-hybridized carbons (Fsp3) is 0.241. The third-order valence-corrected chi connectivity index (χ3v) is 6.87. The normalized spacial score (nSPS) is 18.7. The zero-order valence-corrected chi connectivity index (χ0v) is 20.9. The maximum atomic E-state index is 13.5. The first kappa shape index (κ1) is 23.5. The van der Waals surface area contributed by atoms with Crippen LogP contribution in [0.4, 0.5) is 17.1 Å². The largest absolute Gasteiger partial charge is 0.507 e. The van der Waals surface area contributed by atoms with Gasteiger partial charge in [0.2, 0.25) is 0 Å². The molecule has 0 bridgehead atoms. The van der Waals surface area contributed by atoms with Crippen LogP contribution in [0, 0.1) is 6.92 Å². The summed E-state index contributed by atoms with van der Waals surface area (Å²) in [6.07, 6.45) is 0. The number of amides is 1. The van der Waals surface area contributed by atoms with Crippen LogP contribution in [-0.2, 0) is 9.59 Å². The molecule has 1 amide bonds. The summed E-state index contributed by atoms with van der Waals surface area (Å²) in [5.41, 5.74) is 4.59. The van der Waals surface area contributed by atoms with Crippen molar-refractivity contribution in [2.75, 3.05) is 49.0 Å². The molecule has 3 aromatic carbocycles. The minimum absolute atomic E-state index is 0.0696. The fourth-order valence-corrected chi connectivity index (χ4v) is 4.84. The highest BCUT2D eigenvalue weighted by Crippen LogP contribution is 2.44. The first-order valence-electron chi connectivity index (χ1n) is 11.9. The number of para-hydroxylation sites is 1. The fourth-order valence-electron chi connectivity index (χ4n) is 4.84. The molecule has 36 heavy (non-hydrogen) atoms. The van der Waals surface area contributed by atoms with Crippen LogP contribution in [-0.4, -0.2) is 51.1 Å². The van der Waals surface area contributed by atoms with Crippen LogP contribution in [0.15, 0.2) is 72.3 Å². The van der Waals surface area contributed by atoms with Crippen molar-refractivity contribution in [2.24, 2.45) is 0 Å². The third kappa shape index (κ3) is 3.86. The smallest absolute Gasteiger partial charge is 0.300 e. The first-order chi connectivity index (χ1) is 17.3. The number of aliphatic hydroxyl groups is 1. The third-order valence-electron chi connectivity index (χ3n) is 6.87. The molecule has 5 rings (SSSR count). The van der Waals surface area contributed by atoms with Crippen LogP contribution in [0.1, 0.15) is 22.7 Å². The number of anilines is 3. The molecule has 1 fully saturated rings. The van der Waals surface area contributed by atoms with E-state index in [1.165, 1.54) is 4.90 Å². The lowest BCUT2D eigenvalue weighted by molar-refractivity contribution is -0.132. The van der Waals surface area contributed by atoms with Gasteiger partial charge in [-0.05, 0) is 54.4 Å². The van der Waals surface area contributed by atoms with Crippen LogP contribution in [0.3, 0.4) is 0 Å². The Morgan fingerprint density at radius 3 is 2.42 bits per heavy atom. The highest BCUT2D eigenvalue weighted by atomic mass is 16.5. The summed E-state index contributed by atoms with van der Waals surface area (Å²) >= 11 is 0. The van der Waals surface area contributed by atoms with E-state index < -0.39 is 17.7 Å². The maximum Gasteiger partial charge on any atom is 0.300 e. The molecule has 3 aromatic rings. The van der Waals surface area contributed by atoms with E-state index in [0.29, 0.717) is 24.4 Å². The minimum Gasteiger partial charge on any atom is -0.507 e. The molecule has 1 atom stereocenters. The number of likely N-dealkylation sites (N-methyl/N-ethyl adjacent to an activating group) is 1. The van der Waals surface area contributed by atoms with E-state index in [2.05, 4.69) is 0 Å². The number of hydrogen-bond acceptors (Lipinski definition) is 6. The average molecular weight is 484 g/mol. The predicted octanol–water partition coefficient (Wildman–Crippen LogP) is 4.52. The second-order valence-corrected chi connectivity index (χ2v) is 9.39. The van der Waals surface area contributed by atoms with E-state index >= 15 is 0 Å². The van der Waals surface area contributed by atoms with Crippen LogP contribution < -0.4 is 19.4 Å². The molecule has 0 spiro atoms. The van der Waals surface area contributed by atoms with Crippen LogP contribution in [0.2, 0.25) is 0 Å². The molecule has 2 aliphatic rings. The molecule has 1 unspecified atom stereocenters. The van der Waals surface area contributed by atoms with Crippen molar-refractivity contribution in [2.45, 2.75) is 13.0 Å². The van der Waals surface area contributed by atoms with E-state index in [0.717, 1.165) is 28.3 Å². The summed E-state index contributed by atoms with van der Waals surface area (Å²) in [7, 11) is 5.85. The molecule has 1 N–H and O–H groups in total. The second kappa shape index (κ2) is 9.07. The first-order valence-corrected chi connectivity index (χ1v) is 11.9. The molecule has 2 heterocycles. The van der Waals surface area contributed by atoms with Gasteiger partial charge in [0.1, 0.15) is 18.1 Å². The molecule has 1 saturated heterocycles. The van der Waals surface area contributed by atoms with E-state index in [9.17, 15) is 14.7 Å². The standard InChI is InChI=1S/C29H29N3O4/c1-18-7-5-6-8-22(18)32-26(19-9-12-21(13-10-19)30(2)3)25(28(34)29(32)35)27(33)20-11-14-24-23(17-20)31(4)15-16-36-24/h5-14,17,26,33H,15-16H2,1-4H3/b27-25-. The Morgan fingerprint density at radius 1 is 1.00 bits per heavy atom. The van der Waals surface area contributed by atoms with Gasteiger partial charge in [-0.1, -0.05) is 30.3 Å². The molecule has 2 aliphatic heterocycles. The zero-order valence-electron chi connectivity index (χ0n) is 20.9. The lowest BCUT2D eigenvalue weighted by Gasteiger charge is -2.28. The summed E-state index contributed by atoms with van der Waals surface area (Å²) < 4.78 is 5.73. The van der Waals surface area contributed by atoms with E-state index in [1.807, 2.05) is 86.4 Å². The Hall–Kier alpha value is -4.26. The van der Waals surface area contributed by atoms with Gasteiger partial charge in [-0.2, -0.15) is 0 Å². The van der Waals surface area contributed by atoms with Crippen molar-refractivity contribution in [3.05, 3.63) is 89.0 Å². The average Bonchev–Trinajstić information content (AvgIpc) is 3.14. The van der Waals surface area contributed by atoms with Crippen molar-refractivity contribution >= 4 is 34.5 Å². The van der Waals surface area contributed by atoms with Gasteiger partial charge in [0.15, 0.2) is 0 Å². The number of carbonyl (C=O) groups excluding carboxylic acids is 2. The zero-order chi connectivity index (χ0) is 25.6. The highest BCUT2D eigenvalue weighted by molar-refractivity contribution is 6.51. The Morgan fingerprint density at radius 2 is 1.72 bits per heavy atom. The number of hydrogen-bond donors (Lipinski definition) is 1. The lowest BCUT2D eigenvalue weighted by atomic mass is 9.94. The molecular formula is C29H29N3O4. The predicted molar refractivity (Wildman–Crippen MR) is 142 cm³/mol. The topological polar surface area (TPSA) is 73.3 Å². The van der Waals surface area contributed by atoms with Gasteiger partial charge in [0.05, 0.1) is 23.8 Å². The van der Waals surface area contributed by atoms with Gasteiger partial charge in [-0.3, -0.25) is 14.5 Å². The van der Waals surface area contributed by atoms with Crippen LogP contribution in [0.5, 0.6) is 5.75 Å². The molecule has 184 valence electrons. The number of rotatable bonds is 4. The Labute approximate surface area is 210 Å². The van der Waals surface area contributed by atoms with E-state index in [4.69, 9.17) is 4.74 Å². The number of aryl methyl sites for hydroxylation is 1. The lowest BCUT2D eigenvalue weighted by Crippen LogP contribution is -2.30. The number of ketones is 1. The SMILES string of the molecule is Cc1ccccc1N1C(=O)C(=O)/C(=C(\O)c2ccc3c(c2)N(C)CCO3)C1c1ccc(N(C)C)cc1. The molecule has 0 aromatic heterocycles. The number of Topliss-reactive ketones (excluding diaryl/α,β-unsaturated/α-hetero) is 1. The van der Waals surface area contributed by atoms with E-state index in [-0.39, 0.29) is 11.3 Å². The molecule has 0 radical (unpaired) electrons. The summed E-state index contributed by atoms with van der Waals surface area (Å²) in [6.45, 7) is 3.20. The number of carbonyl (C=O) groups is 2. The Kier molecular flexibility index (Phi) is 5.92. The second-order valence-electron chi connectivity index (χ2n) is 9.39. The summed E-state index contributed by atoms with van der Waals surface area (Å²) in [5.74, 6) is -0.852. The van der Waals surface area contributed by atoms with Crippen LogP contribution >= 0.6 is 0 Å². The maximum absolute atomic E-state index is 13.5. The molecule has 0 aliphatic carbocycles. The number of fused-ring (bicyclic) bond motifs is 1. The van der Waals surface area contributed by atoms with E-state index in [1.54, 1.807) is 18.2 Å². The number of ether oxygens (including phenoxy) is 1.